The van der Waals surface area contributed by atoms with Gasteiger partial charge in [0.15, 0.2) is 0 Å². The van der Waals surface area contributed by atoms with Crippen LogP contribution in [-0.4, -0.2) is 20.2 Å². The lowest BCUT2D eigenvalue weighted by Gasteiger charge is -2.24. The lowest BCUT2D eigenvalue weighted by atomic mass is 10.0. The van der Waals surface area contributed by atoms with E-state index in [2.05, 4.69) is 6.07 Å². The molecule has 0 unspecified atom stereocenters. The maximum Gasteiger partial charge on any atom is 0.0995 e. The third-order valence-electron chi connectivity index (χ3n) is 2.04. The van der Waals surface area contributed by atoms with E-state index in [0.717, 1.165) is 10.8 Å². The van der Waals surface area contributed by atoms with Crippen molar-refractivity contribution in [2.24, 2.45) is 0 Å². The fourth-order valence-electron chi connectivity index (χ4n) is 1.43. The second kappa shape index (κ2) is 4.14. The van der Waals surface area contributed by atoms with Gasteiger partial charge in [-0.15, -0.1) is 5.23 Å². The van der Waals surface area contributed by atoms with E-state index >= 15 is 0 Å². The molecule has 0 atom stereocenters. The molecule has 0 saturated heterocycles. The molecule has 14 heavy (non-hydrogen) atoms. The molecule has 1 aliphatic rings. The van der Waals surface area contributed by atoms with Gasteiger partial charge in [-0.1, -0.05) is 6.07 Å². The third kappa shape index (κ3) is 1.58. The molecule has 3 radical (unpaired) electrons. The SMILES string of the molecule is N#Cc1cccc2c1CCON2O.[B]. The molecule has 0 fully saturated rings. The highest BCUT2D eigenvalue weighted by molar-refractivity contribution is 5.75. The van der Waals surface area contributed by atoms with Crippen molar-refractivity contribution in [3.63, 3.8) is 0 Å². The van der Waals surface area contributed by atoms with Crippen LogP contribution in [0.1, 0.15) is 11.1 Å². The predicted octanol–water partition coefficient (Wildman–Crippen LogP) is 0.861. The summed E-state index contributed by atoms with van der Waals surface area (Å²) in [5.41, 5.74) is 2.00. The fourth-order valence-corrected chi connectivity index (χ4v) is 1.43. The van der Waals surface area contributed by atoms with Crippen LogP contribution in [-0.2, 0) is 11.3 Å². The molecule has 0 bridgehead atoms. The lowest BCUT2D eigenvalue weighted by Crippen LogP contribution is -2.26. The molecule has 69 valence electrons. The summed E-state index contributed by atoms with van der Waals surface area (Å²) >= 11 is 0. The summed E-state index contributed by atoms with van der Waals surface area (Å²) in [6.45, 7) is 0.405. The Morgan fingerprint density at radius 3 is 3.00 bits per heavy atom. The summed E-state index contributed by atoms with van der Waals surface area (Å²) in [6, 6.07) is 7.25. The topological polar surface area (TPSA) is 56.5 Å². The summed E-state index contributed by atoms with van der Waals surface area (Å²) in [7, 11) is 0. The number of hydrogen-bond acceptors (Lipinski definition) is 4. The molecule has 0 spiro atoms. The number of anilines is 1. The normalized spacial score (nSPS) is 13.9. The molecule has 4 nitrogen and oxygen atoms in total. The van der Waals surface area contributed by atoms with E-state index in [-0.39, 0.29) is 8.41 Å². The van der Waals surface area contributed by atoms with Gasteiger partial charge in [-0.2, -0.15) is 5.26 Å². The van der Waals surface area contributed by atoms with Gasteiger partial charge in [-0.25, -0.2) is 4.84 Å². The molecular weight excluding hydrogens is 179 g/mol. The largest absolute Gasteiger partial charge is 0.264 e. The highest BCUT2D eigenvalue weighted by Gasteiger charge is 2.18. The average Bonchev–Trinajstić information content (AvgIpc) is 2.18. The summed E-state index contributed by atoms with van der Waals surface area (Å²) < 4.78 is 0. The molecule has 5 heteroatoms. The van der Waals surface area contributed by atoms with E-state index in [9.17, 15) is 5.21 Å². The molecule has 1 heterocycles. The zero-order chi connectivity index (χ0) is 9.26. The first kappa shape index (κ1) is 10.6. The molecule has 0 aliphatic carbocycles. The maximum absolute atomic E-state index is 9.28. The third-order valence-corrected chi connectivity index (χ3v) is 2.04. The lowest BCUT2D eigenvalue weighted by molar-refractivity contribution is -0.0473. The maximum atomic E-state index is 9.28. The minimum absolute atomic E-state index is 0. The van der Waals surface area contributed by atoms with E-state index in [1.165, 1.54) is 0 Å². The van der Waals surface area contributed by atoms with E-state index in [0.29, 0.717) is 24.3 Å². The van der Waals surface area contributed by atoms with Crippen molar-refractivity contribution in [2.75, 3.05) is 11.8 Å². The zero-order valence-corrected chi connectivity index (χ0v) is 7.47. The van der Waals surface area contributed by atoms with Gasteiger partial charge in [0.2, 0.25) is 0 Å². The Labute approximate surface area is 83.8 Å². The van der Waals surface area contributed by atoms with Gasteiger partial charge in [-0.3, -0.25) is 5.21 Å². The van der Waals surface area contributed by atoms with Crippen molar-refractivity contribution in [3.05, 3.63) is 29.3 Å². The van der Waals surface area contributed by atoms with Crippen LogP contribution in [0, 0.1) is 11.3 Å². The Bertz CT molecular complexity index is 376. The Balaban J connectivity index is 0.000000980. The number of benzene rings is 1. The van der Waals surface area contributed by atoms with Gasteiger partial charge in [0.05, 0.1) is 23.9 Å². The minimum Gasteiger partial charge on any atom is -0.264 e. The van der Waals surface area contributed by atoms with Crippen LogP contribution in [0.3, 0.4) is 0 Å². The van der Waals surface area contributed by atoms with Gasteiger partial charge in [0.1, 0.15) is 0 Å². The molecular formula is C9H8BN2O2. The summed E-state index contributed by atoms with van der Waals surface area (Å²) in [5, 5.41) is 18.8. The molecule has 1 aromatic rings. The monoisotopic (exact) mass is 187 g/mol. The van der Waals surface area contributed by atoms with Crippen LogP contribution in [0.2, 0.25) is 0 Å². The van der Waals surface area contributed by atoms with Crippen LogP contribution in [0.25, 0.3) is 0 Å². The number of hydrogen-bond donors (Lipinski definition) is 1. The van der Waals surface area contributed by atoms with Gasteiger partial charge < -0.3 is 0 Å². The molecule has 1 aromatic carbocycles. The fraction of sp³-hybridized carbons (Fsp3) is 0.222. The smallest absolute Gasteiger partial charge is 0.0995 e. The average molecular weight is 187 g/mol. The molecule has 2 rings (SSSR count). The Hall–Kier alpha value is -1.51. The van der Waals surface area contributed by atoms with Crippen LogP contribution < -0.4 is 5.23 Å². The second-order valence-electron chi connectivity index (χ2n) is 2.77. The highest BCUT2D eigenvalue weighted by atomic mass is 16.9. The number of nitriles is 1. The van der Waals surface area contributed by atoms with Crippen molar-refractivity contribution in [3.8, 4) is 6.07 Å². The van der Waals surface area contributed by atoms with E-state index in [1.54, 1.807) is 18.2 Å². The first-order chi connectivity index (χ1) is 6.33. The minimum atomic E-state index is 0. The van der Waals surface area contributed by atoms with E-state index < -0.39 is 0 Å². The van der Waals surface area contributed by atoms with Gasteiger partial charge >= 0.3 is 0 Å². The summed E-state index contributed by atoms with van der Waals surface area (Å²) in [6.07, 6.45) is 0.663. The van der Waals surface area contributed by atoms with Crippen LogP contribution in [0.4, 0.5) is 5.69 Å². The van der Waals surface area contributed by atoms with Gasteiger partial charge in [0, 0.05) is 20.4 Å². The molecule has 0 aromatic heterocycles. The summed E-state index contributed by atoms with van der Waals surface area (Å²) in [5.74, 6) is 0. The van der Waals surface area contributed by atoms with Gasteiger partial charge in [0.25, 0.3) is 0 Å². The molecule has 0 saturated carbocycles. The number of nitrogens with zero attached hydrogens (tertiary/aromatic N) is 2. The van der Waals surface area contributed by atoms with Crippen molar-refractivity contribution in [1.29, 1.82) is 5.26 Å². The predicted molar refractivity (Wildman–Crippen MR) is 50.8 cm³/mol. The van der Waals surface area contributed by atoms with Gasteiger partial charge in [-0.05, 0) is 12.1 Å². The standard InChI is InChI=1S/C9H8N2O2.B/c10-6-7-2-1-3-9-8(7)4-5-13-11(9)12;/h1-3,12H,4-5H2;. The van der Waals surface area contributed by atoms with Crippen LogP contribution >= 0.6 is 0 Å². The number of rotatable bonds is 0. The Morgan fingerprint density at radius 1 is 1.50 bits per heavy atom. The van der Waals surface area contributed by atoms with Crippen molar-refractivity contribution >= 4 is 14.1 Å². The molecule has 0 amide bonds. The van der Waals surface area contributed by atoms with Crippen molar-refractivity contribution in [1.82, 2.24) is 0 Å². The quantitative estimate of drug-likeness (QED) is 0.612. The highest BCUT2D eigenvalue weighted by Crippen LogP contribution is 2.26. The first-order valence-electron chi connectivity index (χ1n) is 3.97. The van der Waals surface area contributed by atoms with E-state index in [4.69, 9.17) is 10.1 Å². The number of fused-ring (bicyclic) bond motifs is 1. The van der Waals surface area contributed by atoms with Crippen molar-refractivity contribution in [2.45, 2.75) is 6.42 Å². The summed E-state index contributed by atoms with van der Waals surface area (Å²) in [4.78, 5) is 4.88. The Morgan fingerprint density at radius 2 is 2.29 bits per heavy atom. The molecule has 1 aliphatic heterocycles. The molecule has 1 N–H and O–H groups in total. The van der Waals surface area contributed by atoms with Crippen LogP contribution in [0.5, 0.6) is 0 Å². The van der Waals surface area contributed by atoms with Crippen LogP contribution in [0.15, 0.2) is 18.2 Å². The zero-order valence-electron chi connectivity index (χ0n) is 7.47. The second-order valence-corrected chi connectivity index (χ2v) is 2.77. The van der Waals surface area contributed by atoms with Crippen molar-refractivity contribution < 1.29 is 10.0 Å². The van der Waals surface area contributed by atoms with E-state index in [1.807, 2.05) is 0 Å². The first-order valence-corrected chi connectivity index (χ1v) is 3.97. The Kier molecular flexibility index (Phi) is 3.12.